The normalized spacial score (nSPS) is 17.4. The Hall–Kier alpha value is -1.43. The van der Waals surface area contributed by atoms with Crippen LogP contribution in [0.5, 0.6) is 0 Å². The van der Waals surface area contributed by atoms with Gasteiger partial charge in [-0.2, -0.15) is 13.2 Å². The zero-order chi connectivity index (χ0) is 12.6. The number of ketones is 1. The van der Waals surface area contributed by atoms with E-state index in [0.29, 0.717) is 6.08 Å². The second-order valence-electron chi connectivity index (χ2n) is 3.47. The van der Waals surface area contributed by atoms with Crippen LogP contribution in [0.2, 0.25) is 0 Å². The zero-order valence-corrected chi connectivity index (χ0v) is 9.60. The van der Waals surface area contributed by atoms with E-state index in [9.17, 15) is 18.0 Å². The Kier molecular flexibility index (Phi) is 2.91. The first-order valence-corrected chi connectivity index (χ1v) is 5.54. The van der Waals surface area contributed by atoms with Gasteiger partial charge in [0.1, 0.15) is 0 Å². The number of carbonyl (C=O) groups is 1. The molecule has 90 valence electrons. The van der Waals surface area contributed by atoms with Crippen LogP contribution in [0.15, 0.2) is 40.3 Å². The number of hydrogen-bond acceptors (Lipinski definition) is 3. The summed E-state index contributed by atoms with van der Waals surface area (Å²) in [5, 5.41) is 0.286. The minimum absolute atomic E-state index is 0.286. The lowest BCUT2D eigenvalue weighted by molar-refractivity contribution is -0.165. The summed E-state index contributed by atoms with van der Waals surface area (Å²) in [7, 11) is 1.63. The maximum absolute atomic E-state index is 12.1. The molecule has 1 aliphatic heterocycles. The molecule has 1 aliphatic rings. The Bertz CT molecular complexity index is 496. The van der Waals surface area contributed by atoms with Crippen molar-refractivity contribution in [2.45, 2.75) is 11.1 Å². The first-order chi connectivity index (χ1) is 7.89. The lowest BCUT2D eigenvalue weighted by Gasteiger charge is -2.13. The van der Waals surface area contributed by atoms with Gasteiger partial charge in [-0.3, -0.25) is 4.79 Å². The standard InChI is InChI=1S/C11H8F3NOS/c1-15-7-4-2-3-5-8(7)17-10(15)6-9(16)11(12,13)14/h2-6H,1H3/b10-6-. The minimum Gasteiger partial charge on any atom is -0.338 e. The van der Waals surface area contributed by atoms with Gasteiger partial charge < -0.3 is 4.90 Å². The van der Waals surface area contributed by atoms with Crippen LogP contribution in [0.3, 0.4) is 0 Å². The van der Waals surface area contributed by atoms with Crippen molar-refractivity contribution in [3.8, 4) is 0 Å². The Morgan fingerprint density at radius 3 is 2.59 bits per heavy atom. The molecule has 2 nitrogen and oxygen atoms in total. The molecule has 17 heavy (non-hydrogen) atoms. The van der Waals surface area contributed by atoms with Crippen molar-refractivity contribution in [1.29, 1.82) is 0 Å². The highest BCUT2D eigenvalue weighted by molar-refractivity contribution is 8.03. The molecule has 0 bridgehead atoms. The molecule has 0 atom stereocenters. The third-order valence-electron chi connectivity index (χ3n) is 2.31. The fourth-order valence-corrected chi connectivity index (χ4v) is 2.52. The SMILES string of the molecule is CN1/C(=C/C(=O)C(F)(F)F)Sc2ccccc21. The molecule has 0 unspecified atom stereocenters. The number of thioether (sulfide) groups is 1. The molecule has 0 N–H and O–H groups in total. The summed E-state index contributed by atoms with van der Waals surface area (Å²) >= 11 is 1.15. The van der Waals surface area contributed by atoms with Crippen molar-refractivity contribution < 1.29 is 18.0 Å². The van der Waals surface area contributed by atoms with Gasteiger partial charge in [-0.05, 0) is 12.1 Å². The van der Waals surface area contributed by atoms with Crippen LogP contribution in [-0.4, -0.2) is 19.0 Å². The second-order valence-corrected chi connectivity index (χ2v) is 4.54. The summed E-state index contributed by atoms with van der Waals surface area (Å²) in [6, 6.07) is 7.19. The van der Waals surface area contributed by atoms with E-state index >= 15 is 0 Å². The van der Waals surface area contributed by atoms with Crippen LogP contribution in [0.1, 0.15) is 0 Å². The summed E-state index contributed by atoms with van der Waals surface area (Å²) < 4.78 is 36.4. The van der Waals surface area contributed by atoms with E-state index in [1.807, 2.05) is 0 Å². The first-order valence-electron chi connectivity index (χ1n) is 4.73. The third kappa shape index (κ3) is 2.31. The highest BCUT2D eigenvalue weighted by atomic mass is 32.2. The molecule has 0 saturated heterocycles. The quantitative estimate of drug-likeness (QED) is 0.722. The Balaban J connectivity index is 2.29. The van der Waals surface area contributed by atoms with E-state index in [0.717, 1.165) is 22.3 Å². The van der Waals surface area contributed by atoms with Gasteiger partial charge in [-0.15, -0.1) is 0 Å². The fourth-order valence-electron chi connectivity index (χ4n) is 1.44. The smallest absolute Gasteiger partial charge is 0.338 e. The van der Waals surface area contributed by atoms with Crippen molar-refractivity contribution >= 4 is 23.2 Å². The number of rotatable bonds is 1. The van der Waals surface area contributed by atoms with Gasteiger partial charge in [0, 0.05) is 18.0 Å². The molecular weight excluding hydrogens is 251 g/mol. The molecule has 1 aromatic rings. The summed E-state index contributed by atoms with van der Waals surface area (Å²) in [5.41, 5.74) is 0.804. The fraction of sp³-hybridized carbons (Fsp3) is 0.182. The molecule has 0 radical (unpaired) electrons. The minimum atomic E-state index is -4.82. The Labute approximate surface area is 100 Å². The molecule has 6 heteroatoms. The van der Waals surface area contributed by atoms with Gasteiger partial charge in [0.2, 0.25) is 0 Å². The Morgan fingerprint density at radius 1 is 1.35 bits per heavy atom. The molecule has 0 aromatic heterocycles. The van der Waals surface area contributed by atoms with Crippen LogP contribution in [0, 0.1) is 0 Å². The summed E-state index contributed by atoms with van der Waals surface area (Å²) in [5.74, 6) is -1.83. The lowest BCUT2D eigenvalue weighted by atomic mass is 10.3. The van der Waals surface area contributed by atoms with Crippen molar-refractivity contribution in [1.82, 2.24) is 0 Å². The lowest BCUT2D eigenvalue weighted by Crippen LogP contribution is -2.22. The maximum Gasteiger partial charge on any atom is 0.454 e. The summed E-state index contributed by atoms with van der Waals surface area (Å²) in [6.07, 6.45) is -4.19. The van der Waals surface area contributed by atoms with Crippen molar-refractivity contribution in [3.63, 3.8) is 0 Å². The molecule has 0 spiro atoms. The van der Waals surface area contributed by atoms with E-state index in [1.54, 1.807) is 36.2 Å². The molecule has 2 rings (SSSR count). The van der Waals surface area contributed by atoms with Crippen LogP contribution in [-0.2, 0) is 4.79 Å². The van der Waals surface area contributed by atoms with Gasteiger partial charge in [0.05, 0.1) is 10.7 Å². The van der Waals surface area contributed by atoms with Gasteiger partial charge in [-0.1, -0.05) is 23.9 Å². The number of hydrogen-bond donors (Lipinski definition) is 0. The highest BCUT2D eigenvalue weighted by Crippen LogP contribution is 2.44. The molecule has 1 aromatic carbocycles. The monoisotopic (exact) mass is 259 g/mol. The number of para-hydroxylation sites is 1. The van der Waals surface area contributed by atoms with Crippen LogP contribution >= 0.6 is 11.8 Å². The van der Waals surface area contributed by atoms with E-state index < -0.39 is 12.0 Å². The van der Waals surface area contributed by atoms with Crippen LogP contribution in [0.25, 0.3) is 0 Å². The number of alkyl halides is 3. The number of anilines is 1. The number of nitrogens with zero attached hydrogens (tertiary/aromatic N) is 1. The molecular formula is C11H8F3NOS. The predicted octanol–water partition coefficient (Wildman–Crippen LogP) is 3.20. The van der Waals surface area contributed by atoms with Gasteiger partial charge in [-0.25, -0.2) is 0 Å². The van der Waals surface area contributed by atoms with Crippen LogP contribution in [0.4, 0.5) is 18.9 Å². The van der Waals surface area contributed by atoms with Gasteiger partial charge >= 0.3 is 6.18 Å². The van der Waals surface area contributed by atoms with E-state index in [-0.39, 0.29) is 5.03 Å². The van der Waals surface area contributed by atoms with Crippen molar-refractivity contribution in [3.05, 3.63) is 35.4 Å². The van der Waals surface area contributed by atoms with Crippen molar-refractivity contribution in [2.24, 2.45) is 0 Å². The second kappa shape index (κ2) is 4.10. The maximum atomic E-state index is 12.1. The third-order valence-corrected chi connectivity index (χ3v) is 3.47. The Morgan fingerprint density at radius 2 is 2.00 bits per heavy atom. The van der Waals surface area contributed by atoms with E-state index in [2.05, 4.69) is 0 Å². The van der Waals surface area contributed by atoms with Gasteiger partial charge in [0.25, 0.3) is 5.78 Å². The predicted molar refractivity (Wildman–Crippen MR) is 59.8 cm³/mol. The van der Waals surface area contributed by atoms with E-state index in [4.69, 9.17) is 0 Å². The number of halogens is 3. The van der Waals surface area contributed by atoms with Gasteiger partial charge in [0.15, 0.2) is 0 Å². The number of benzene rings is 1. The molecule has 0 aliphatic carbocycles. The molecule has 0 saturated carbocycles. The van der Waals surface area contributed by atoms with Crippen LogP contribution < -0.4 is 4.90 Å². The summed E-state index contributed by atoms with van der Waals surface area (Å²) in [6.45, 7) is 0. The van der Waals surface area contributed by atoms with E-state index in [1.165, 1.54) is 0 Å². The first kappa shape index (κ1) is 12.0. The molecule has 0 fully saturated rings. The highest BCUT2D eigenvalue weighted by Gasteiger charge is 2.38. The summed E-state index contributed by atoms with van der Waals surface area (Å²) in [4.78, 5) is 13.3. The molecule has 1 heterocycles. The topological polar surface area (TPSA) is 20.3 Å². The largest absolute Gasteiger partial charge is 0.454 e. The zero-order valence-electron chi connectivity index (χ0n) is 8.78. The molecule has 0 amide bonds. The van der Waals surface area contributed by atoms with Crippen molar-refractivity contribution in [2.75, 3.05) is 11.9 Å². The average molecular weight is 259 g/mol. The number of carbonyl (C=O) groups excluding carboxylic acids is 1. The number of fused-ring (bicyclic) bond motifs is 1. The average Bonchev–Trinajstić information content (AvgIpc) is 2.55. The number of allylic oxidation sites excluding steroid dienone is 1.